The number of piperidine rings is 1. The second-order valence-corrected chi connectivity index (χ2v) is 8.47. The number of methoxy groups -OCH3 is 1. The molecule has 1 aromatic carbocycles. The van der Waals surface area contributed by atoms with Crippen LogP contribution in [0.1, 0.15) is 48.0 Å². The van der Waals surface area contributed by atoms with E-state index in [1.807, 2.05) is 18.2 Å². The number of nitrogens with two attached hydrogens (primary N) is 1. The zero-order valence-corrected chi connectivity index (χ0v) is 16.9. The molecule has 2 saturated heterocycles. The monoisotopic (exact) mass is 399 g/mol. The molecule has 3 aliphatic rings. The van der Waals surface area contributed by atoms with E-state index in [2.05, 4.69) is 4.90 Å². The Kier molecular flexibility index (Phi) is 5.44. The lowest BCUT2D eigenvalue weighted by Crippen LogP contribution is -2.59. The van der Waals surface area contributed by atoms with Crippen molar-refractivity contribution in [1.29, 1.82) is 0 Å². The van der Waals surface area contributed by atoms with Crippen LogP contribution in [0.4, 0.5) is 0 Å². The van der Waals surface area contributed by atoms with Crippen LogP contribution in [0.2, 0.25) is 0 Å². The molecule has 156 valence electrons. The lowest BCUT2D eigenvalue weighted by molar-refractivity contribution is -0.169. The van der Waals surface area contributed by atoms with E-state index in [0.29, 0.717) is 31.5 Å². The molecule has 2 heterocycles. The zero-order valence-electron chi connectivity index (χ0n) is 16.9. The average Bonchev–Trinajstić information content (AvgIpc) is 3.03. The maximum absolute atomic E-state index is 11.9. The molecule has 3 amide bonds. The van der Waals surface area contributed by atoms with E-state index in [1.165, 1.54) is 4.90 Å². The van der Waals surface area contributed by atoms with Gasteiger partial charge < -0.3 is 15.4 Å². The fourth-order valence-electron chi connectivity index (χ4n) is 5.66. The first-order valence-electron chi connectivity index (χ1n) is 10.5. The lowest BCUT2D eigenvalue weighted by Gasteiger charge is -2.55. The van der Waals surface area contributed by atoms with Gasteiger partial charge in [0.15, 0.2) is 0 Å². The summed E-state index contributed by atoms with van der Waals surface area (Å²) in [4.78, 5) is 39.3. The molecule has 1 aromatic rings. The number of primary amides is 1. The number of rotatable bonds is 6. The maximum Gasteiger partial charge on any atom is 0.248 e. The Morgan fingerprint density at radius 3 is 2.38 bits per heavy atom. The number of hydrogen-bond donors (Lipinski definition) is 1. The molecule has 0 radical (unpaired) electrons. The van der Waals surface area contributed by atoms with Crippen molar-refractivity contribution in [3.63, 3.8) is 0 Å². The van der Waals surface area contributed by atoms with Gasteiger partial charge in [-0.05, 0) is 30.5 Å². The van der Waals surface area contributed by atoms with Crippen molar-refractivity contribution in [3.05, 3.63) is 35.4 Å². The molecule has 1 aliphatic carbocycles. The summed E-state index contributed by atoms with van der Waals surface area (Å²) in [5, 5.41) is 0. The molecule has 4 rings (SSSR count). The third-order valence-electron chi connectivity index (χ3n) is 7.01. The number of benzene rings is 1. The van der Waals surface area contributed by atoms with Gasteiger partial charge in [0.1, 0.15) is 5.60 Å². The van der Waals surface area contributed by atoms with Crippen molar-refractivity contribution in [2.24, 2.45) is 17.6 Å². The van der Waals surface area contributed by atoms with Crippen molar-refractivity contribution in [1.82, 2.24) is 9.80 Å². The van der Waals surface area contributed by atoms with E-state index in [4.69, 9.17) is 10.5 Å². The smallest absolute Gasteiger partial charge is 0.248 e. The van der Waals surface area contributed by atoms with Crippen molar-refractivity contribution in [2.45, 2.75) is 37.7 Å². The van der Waals surface area contributed by atoms with Crippen LogP contribution in [0, 0.1) is 11.8 Å². The minimum atomic E-state index is -0.431. The average molecular weight is 399 g/mol. The second kappa shape index (κ2) is 7.88. The Morgan fingerprint density at radius 2 is 1.79 bits per heavy atom. The predicted octanol–water partition coefficient (Wildman–Crippen LogP) is 1.51. The highest BCUT2D eigenvalue weighted by molar-refractivity contribution is 6.01. The second-order valence-electron chi connectivity index (χ2n) is 8.47. The first-order chi connectivity index (χ1) is 14.0. The van der Waals surface area contributed by atoms with E-state index < -0.39 is 11.5 Å². The SMILES string of the molecule is CO[C@@]1(c2cccc(C(N)=O)c2)[C@@H]2CCC[C@H]1CN(CCN1C(=O)CCC1=O)C2. The van der Waals surface area contributed by atoms with Crippen molar-refractivity contribution >= 4 is 17.7 Å². The van der Waals surface area contributed by atoms with Crippen LogP contribution in [-0.4, -0.2) is 60.8 Å². The van der Waals surface area contributed by atoms with Crippen LogP contribution in [-0.2, 0) is 19.9 Å². The number of nitrogens with zero attached hydrogens (tertiary/aromatic N) is 2. The summed E-state index contributed by atoms with van der Waals surface area (Å²) in [7, 11) is 1.76. The van der Waals surface area contributed by atoms with Gasteiger partial charge in [-0.3, -0.25) is 19.3 Å². The van der Waals surface area contributed by atoms with Crippen molar-refractivity contribution < 1.29 is 19.1 Å². The summed E-state index contributed by atoms with van der Waals surface area (Å²) in [6, 6.07) is 7.54. The Balaban J connectivity index is 1.54. The minimum absolute atomic E-state index is 0.0540. The van der Waals surface area contributed by atoms with Crippen LogP contribution in [0.5, 0.6) is 0 Å². The number of ether oxygens (including phenoxy) is 1. The molecule has 2 bridgehead atoms. The standard InChI is InChI=1S/C22H29N3O4/c1-29-22(16-5-2-4-15(12-16)21(23)28)17-6-3-7-18(22)14-24(13-17)10-11-25-19(26)8-9-20(25)27/h2,4-5,12,17-18H,3,6-11,13-14H2,1H3,(H2,23,28)/t17-,18+,22+. The Labute approximate surface area is 171 Å². The number of carbonyl (C=O) groups excluding carboxylic acids is 3. The van der Waals surface area contributed by atoms with E-state index in [0.717, 1.165) is 37.9 Å². The Bertz CT molecular complexity index is 794. The minimum Gasteiger partial charge on any atom is -0.373 e. The van der Waals surface area contributed by atoms with Crippen LogP contribution in [0.3, 0.4) is 0 Å². The first kappa shape index (κ1) is 20.0. The first-order valence-corrected chi connectivity index (χ1v) is 10.5. The van der Waals surface area contributed by atoms with Crippen LogP contribution < -0.4 is 5.73 Å². The summed E-state index contributed by atoms with van der Waals surface area (Å²) >= 11 is 0. The third kappa shape index (κ3) is 3.46. The number of amides is 3. The van der Waals surface area contributed by atoms with Gasteiger partial charge in [0, 0.05) is 63.5 Å². The van der Waals surface area contributed by atoms with Crippen molar-refractivity contribution in [3.8, 4) is 0 Å². The van der Waals surface area contributed by atoms with E-state index in [9.17, 15) is 14.4 Å². The number of likely N-dealkylation sites (tertiary alicyclic amines) is 2. The highest BCUT2D eigenvalue weighted by Crippen LogP contribution is 2.51. The topological polar surface area (TPSA) is 92.9 Å². The summed E-state index contributed by atoms with van der Waals surface area (Å²) in [5.74, 6) is 0.0327. The van der Waals surface area contributed by atoms with Crippen molar-refractivity contribution in [2.75, 3.05) is 33.3 Å². The quantitative estimate of drug-likeness (QED) is 0.732. The number of hydrogen-bond acceptors (Lipinski definition) is 5. The maximum atomic E-state index is 11.9. The van der Waals surface area contributed by atoms with Gasteiger partial charge in [-0.15, -0.1) is 0 Å². The number of fused-ring (bicyclic) bond motifs is 2. The van der Waals surface area contributed by atoms with E-state index in [-0.39, 0.29) is 23.7 Å². The van der Waals surface area contributed by atoms with Gasteiger partial charge in [-0.2, -0.15) is 0 Å². The number of carbonyl (C=O) groups is 3. The van der Waals surface area contributed by atoms with Gasteiger partial charge in [-0.25, -0.2) is 0 Å². The molecule has 7 heteroatoms. The van der Waals surface area contributed by atoms with Gasteiger partial charge in [0.2, 0.25) is 17.7 Å². The van der Waals surface area contributed by atoms with Gasteiger partial charge in [0.05, 0.1) is 0 Å². The highest BCUT2D eigenvalue weighted by Gasteiger charge is 2.53. The van der Waals surface area contributed by atoms with Gasteiger partial charge in [-0.1, -0.05) is 18.6 Å². The third-order valence-corrected chi connectivity index (χ3v) is 7.01. The molecule has 2 aliphatic heterocycles. The molecule has 0 spiro atoms. The van der Waals surface area contributed by atoms with Crippen LogP contribution in [0.25, 0.3) is 0 Å². The fourth-order valence-corrected chi connectivity index (χ4v) is 5.66. The Morgan fingerprint density at radius 1 is 1.14 bits per heavy atom. The molecule has 29 heavy (non-hydrogen) atoms. The molecule has 0 unspecified atom stereocenters. The van der Waals surface area contributed by atoms with Gasteiger partial charge in [0.25, 0.3) is 0 Å². The predicted molar refractivity (Wildman–Crippen MR) is 107 cm³/mol. The molecule has 2 N–H and O–H groups in total. The molecule has 7 nitrogen and oxygen atoms in total. The summed E-state index contributed by atoms with van der Waals surface area (Å²) in [6.07, 6.45) is 3.93. The largest absolute Gasteiger partial charge is 0.373 e. The summed E-state index contributed by atoms with van der Waals surface area (Å²) in [6.45, 7) is 2.86. The van der Waals surface area contributed by atoms with Gasteiger partial charge >= 0.3 is 0 Å². The molecular weight excluding hydrogens is 370 g/mol. The van der Waals surface area contributed by atoms with E-state index >= 15 is 0 Å². The zero-order chi connectivity index (χ0) is 20.6. The fraction of sp³-hybridized carbons (Fsp3) is 0.591. The number of imide groups is 1. The Hall–Kier alpha value is -2.25. The highest BCUT2D eigenvalue weighted by atomic mass is 16.5. The molecule has 0 aromatic heterocycles. The van der Waals surface area contributed by atoms with Crippen LogP contribution in [0.15, 0.2) is 24.3 Å². The molecular formula is C22H29N3O4. The van der Waals surface area contributed by atoms with Crippen LogP contribution >= 0.6 is 0 Å². The summed E-state index contributed by atoms with van der Waals surface area (Å²) < 4.78 is 6.23. The summed E-state index contributed by atoms with van der Waals surface area (Å²) in [5.41, 5.74) is 6.61. The van der Waals surface area contributed by atoms with E-state index in [1.54, 1.807) is 13.2 Å². The molecule has 3 atom stereocenters. The normalized spacial score (nSPS) is 30.0. The molecule has 1 saturated carbocycles. The lowest BCUT2D eigenvalue weighted by atomic mass is 9.62. The molecule has 3 fully saturated rings.